The Morgan fingerprint density at radius 2 is 2.04 bits per heavy atom. The van der Waals surface area contributed by atoms with E-state index in [-0.39, 0.29) is 5.97 Å². The summed E-state index contributed by atoms with van der Waals surface area (Å²) in [6.45, 7) is 3.86. The molecule has 1 aliphatic heterocycles. The van der Waals surface area contributed by atoms with Gasteiger partial charge in [-0.2, -0.15) is 9.36 Å². The van der Waals surface area contributed by atoms with Crippen molar-refractivity contribution in [3.63, 3.8) is 0 Å². The van der Waals surface area contributed by atoms with Crippen molar-refractivity contribution in [2.24, 2.45) is 0 Å². The molecule has 7 heteroatoms. The summed E-state index contributed by atoms with van der Waals surface area (Å²) in [5.74, 6) is 0.599. The summed E-state index contributed by atoms with van der Waals surface area (Å²) in [6, 6.07) is 10.0. The Labute approximate surface area is 139 Å². The van der Waals surface area contributed by atoms with E-state index in [2.05, 4.69) is 19.2 Å². The van der Waals surface area contributed by atoms with Gasteiger partial charge in [-0.05, 0) is 6.42 Å². The van der Waals surface area contributed by atoms with E-state index in [0.29, 0.717) is 6.54 Å². The topological polar surface area (TPSA) is 58.6 Å². The Morgan fingerprint density at radius 1 is 1.22 bits per heavy atom. The van der Waals surface area contributed by atoms with E-state index in [1.165, 1.54) is 18.6 Å². The maximum atomic E-state index is 11.4. The first-order valence-electron chi connectivity index (χ1n) is 7.69. The molecule has 1 aliphatic rings. The van der Waals surface area contributed by atoms with Crippen molar-refractivity contribution in [3.8, 4) is 11.4 Å². The molecule has 1 saturated heterocycles. The third-order valence-corrected chi connectivity index (χ3v) is 4.66. The van der Waals surface area contributed by atoms with E-state index in [1.54, 1.807) is 0 Å². The molecular weight excluding hydrogens is 312 g/mol. The van der Waals surface area contributed by atoms with Crippen LogP contribution in [0.25, 0.3) is 11.4 Å². The van der Waals surface area contributed by atoms with Crippen LogP contribution in [0.2, 0.25) is 0 Å². The third kappa shape index (κ3) is 4.05. The van der Waals surface area contributed by atoms with E-state index in [1.807, 2.05) is 30.3 Å². The molecule has 0 spiro atoms. The molecule has 23 heavy (non-hydrogen) atoms. The average molecular weight is 332 g/mol. The van der Waals surface area contributed by atoms with Gasteiger partial charge in [-0.25, -0.2) is 0 Å². The van der Waals surface area contributed by atoms with Gasteiger partial charge in [0.2, 0.25) is 5.13 Å². The SMILES string of the molecule is COC(=O)CN1CCCN(c2nc(-c3ccccc3)ns2)CC1. The van der Waals surface area contributed by atoms with Crippen molar-refractivity contribution in [2.75, 3.05) is 44.7 Å². The van der Waals surface area contributed by atoms with Crippen LogP contribution in [0.4, 0.5) is 5.13 Å². The molecule has 2 heterocycles. The fraction of sp³-hybridized carbons (Fsp3) is 0.438. The minimum Gasteiger partial charge on any atom is -0.468 e. The highest BCUT2D eigenvalue weighted by molar-refractivity contribution is 7.09. The van der Waals surface area contributed by atoms with Gasteiger partial charge in [-0.1, -0.05) is 30.3 Å². The second-order valence-corrected chi connectivity index (χ2v) is 6.19. The van der Waals surface area contributed by atoms with E-state index in [4.69, 9.17) is 4.74 Å². The second kappa shape index (κ2) is 7.52. The van der Waals surface area contributed by atoms with E-state index < -0.39 is 0 Å². The number of hydrogen-bond acceptors (Lipinski definition) is 7. The standard InChI is InChI=1S/C16H20N4O2S/c1-22-14(21)12-19-8-5-9-20(11-10-19)16-17-15(18-23-16)13-6-3-2-4-7-13/h2-4,6-7H,5,8-12H2,1H3. The lowest BCUT2D eigenvalue weighted by molar-refractivity contribution is -0.141. The second-order valence-electron chi connectivity index (χ2n) is 5.46. The highest BCUT2D eigenvalue weighted by atomic mass is 32.1. The summed E-state index contributed by atoms with van der Waals surface area (Å²) in [5.41, 5.74) is 1.04. The van der Waals surface area contributed by atoms with Gasteiger partial charge in [-0.15, -0.1) is 0 Å². The molecule has 6 nitrogen and oxygen atoms in total. The zero-order valence-electron chi connectivity index (χ0n) is 13.1. The number of aromatic nitrogens is 2. The van der Waals surface area contributed by atoms with Crippen molar-refractivity contribution in [1.82, 2.24) is 14.3 Å². The van der Waals surface area contributed by atoms with Crippen LogP contribution in [0.5, 0.6) is 0 Å². The zero-order chi connectivity index (χ0) is 16.1. The molecule has 1 aromatic heterocycles. The highest BCUT2D eigenvalue weighted by Crippen LogP contribution is 2.24. The van der Waals surface area contributed by atoms with E-state index in [0.717, 1.165) is 49.1 Å². The van der Waals surface area contributed by atoms with Gasteiger partial charge in [-0.3, -0.25) is 9.69 Å². The van der Waals surface area contributed by atoms with Crippen LogP contribution < -0.4 is 4.90 Å². The first kappa shape index (κ1) is 15.9. The molecule has 122 valence electrons. The Bertz CT molecular complexity index is 647. The van der Waals surface area contributed by atoms with Crippen molar-refractivity contribution in [1.29, 1.82) is 0 Å². The molecule has 3 rings (SSSR count). The van der Waals surface area contributed by atoms with Crippen molar-refractivity contribution >= 4 is 22.6 Å². The predicted molar refractivity (Wildman–Crippen MR) is 90.6 cm³/mol. The third-order valence-electron chi connectivity index (χ3n) is 3.89. The quantitative estimate of drug-likeness (QED) is 0.797. The maximum absolute atomic E-state index is 11.4. The van der Waals surface area contributed by atoms with Crippen LogP contribution in [-0.2, 0) is 9.53 Å². The number of benzene rings is 1. The minimum absolute atomic E-state index is 0.180. The van der Waals surface area contributed by atoms with Gasteiger partial charge in [0, 0.05) is 43.3 Å². The van der Waals surface area contributed by atoms with E-state index >= 15 is 0 Å². The number of methoxy groups -OCH3 is 1. The lowest BCUT2D eigenvalue weighted by Gasteiger charge is -2.20. The van der Waals surface area contributed by atoms with Crippen LogP contribution in [0.1, 0.15) is 6.42 Å². The summed E-state index contributed by atoms with van der Waals surface area (Å²) < 4.78 is 9.22. The molecule has 0 bridgehead atoms. The number of hydrogen-bond donors (Lipinski definition) is 0. The fourth-order valence-corrected chi connectivity index (χ4v) is 3.36. The fourth-order valence-electron chi connectivity index (χ4n) is 2.62. The molecular formula is C16H20N4O2S. The van der Waals surface area contributed by atoms with Crippen molar-refractivity contribution in [3.05, 3.63) is 30.3 Å². The molecule has 0 N–H and O–H groups in total. The lowest BCUT2D eigenvalue weighted by Crippen LogP contribution is -2.34. The van der Waals surface area contributed by atoms with Crippen LogP contribution >= 0.6 is 11.5 Å². The van der Waals surface area contributed by atoms with Gasteiger partial charge in [0.25, 0.3) is 0 Å². The first-order valence-corrected chi connectivity index (χ1v) is 8.47. The van der Waals surface area contributed by atoms with E-state index in [9.17, 15) is 4.79 Å². The number of nitrogens with zero attached hydrogens (tertiary/aromatic N) is 4. The van der Waals surface area contributed by atoms with Crippen LogP contribution in [0.3, 0.4) is 0 Å². The number of carbonyl (C=O) groups excluding carboxylic acids is 1. The minimum atomic E-state index is -0.180. The molecule has 2 aromatic rings. The Kier molecular flexibility index (Phi) is 5.19. The number of anilines is 1. The monoisotopic (exact) mass is 332 g/mol. The van der Waals surface area contributed by atoms with Crippen LogP contribution in [0.15, 0.2) is 30.3 Å². The molecule has 0 amide bonds. The Balaban J connectivity index is 1.64. The summed E-state index contributed by atoms with van der Waals surface area (Å²) in [5, 5.41) is 0.948. The smallest absolute Gasteiger partial charge is 0.319 e. The summed E-state index contributed by atoms with van der Waals surface area (Å²) in [4.78, 5) is 20.5. The molecule has 0 unspecified atom stereocenters. The number of ether oxygens (including phenoxy) is 1. The van der Waals surface area contributed by atoms with Gasteiger partial charge in [0.05, 0.1) is 13.7 Å². The average Bonchev–Trinajstić information content (AvgIpc) is 2.97. The molecule has 0 saturated carbocycles. The Morgan fingerprint density at radius 3 is 2.83 bits per heavy atom. The predicted octanol–water partition coefficient (Wildman–Crippen LogP) is 1.89. The van der Waals surface area contributed by atoms with Gasteiger partial charge in [0.15, 0.2) is 5.82 Å². The molecule has 0 aliphatic carbocycles. The molecule has 0 atom stereocenters. The molecule has 1 fully saturated rings. The lowest BCUT2D eigenvalue weighted by atomic mass is 10.2. The summed E-state index contributed by atoms with van der Waals surface area (Å²) >= 11 is 1.43. The van der Waals surface area contributed by atoms with Crippen LogP contribution in [-0.4, -0.2) is 60.1 Å². The van der Waals surface area contributed by atoms with Crippen LogP contribution in [0, 0.1) is 0 Å². The zero-order valence-corrected chi connectivity index (χ0v) is 14.0. The number of rotatable bonds is 4. The molecule has 1 aromatic carbocycles. The first-order chi connectivity index (χ1) is 11.3. The molecule has 0 radical (unpaired) electrons. The Hall–Kier alpha value is -1.99. The number of esters is 1. The largest absolute Gasteiger partial charge is 0.468 e. The summed E-state index contributed by atoms with van der Waals surface area (Å²) in [6.07, 6.45) is 0.997. The highest BCUT2D eigenvalue weighted by Gasteiger charge is 2.20. The number of carbonyl (C=O) groups is 1. The van der Waals surface area contributed by atoms with Crippen molar-refractivity contribution < 1.29 is 9.53 Å². The van der Waals surface area contributed by atoms with Gasteiger partial charge in [0.1, 0.15) is 0 Å². The van der Waals surface area contributed by atoms with Gasteiger partial charge >= 0.3 is 5.97 Å². The van der Waals surface area contributed by atoms with Gasteiger partial charge < -0.3 is 9.64 Å². The maximum Gasteiger partial charge on any atom is 0.319 e. The van der Waals surface area contributed by atoms with Crippen molar-refractivity contribution in [2.45, 2.75) is 6.42 Å². The normalized spacial score (nSPS) is 16.1. The summed E-state index contributed by atoms with van der Waals surface area (Å²) in [7, 11) is 1.43.